The van der Waals surface area contributed by atoms with E-state index in [1.54, 1.807) is 4.57 Å². The highest BCUT2D eigenvalue weighted by atomic mass is 32.2. The number of aromatic nitrogens is 3. The standard InChI is InChI=1S/C11H11F2N5O2S/c12-7-1-2-8(10(13)11(7)14)21(19,20)18-4-3-17-6-15-16-9(17)5-18/h1-2,6H,3-5,14H2. The number of hydrogen-bond acceptors (Lipinski definition) is 5. The maximum atomic E-state index is 13.9. The van der Waals surface area contributed by atoms with E-state index in [-0.39, 0.29) is 13.1 Å². The van der Waals surface area contributed by atoms with Gasteiger partial charge in [0.2, 0.25) is 10.0 Å². The van der Waals surface area contributed by atoms with E-state index in [2.05, 4.69) is 10.2 Å². The van der Waals surface area contributed by atoms with Crippen LogP contribution in [0.5, 0.6) is 0 Å². The number of anilines is 1. The predicted octanol–water partition coefficient (Wildman–Crippen LogP) is 0.343. The molecule has 1 aliphatic rings. The van der Waals surface area contributed by atoms with Gasteiger partial charge in [-0.1, -0.05) is 0 Å². The number of halogens is 2. The summed E-state index contributed by atoms with van der Waals surface area (Å²) in [6.07, 6.45) is 1.50. The van der Waals surface area contributed by atoms with E-state index in [4.69, 9.17) is 5.73 Å². The van der Waals surface area contributed by atoms with Crippen LogP contribution in [-0.4, -0.2) is 34.0 Å². The third-order valence-corrected chi connectivity index (χ3v) is 5.18. The molecule has 2 aromatic rings. The largest absolute Gasteiger partial charge is 0.394 e. The number of benzene rings is 1. The maximum absolute atomic E-state index is 13.9. The molecule has 0 spiro atoms. The zero-order valence-electron chi connectivity index (χ0n) is 10.7. The second kappa shape index (κ2) is 4.74. The van der Waals surface area contributed by atoms with Crippen LogP contribution in [-0.2, 0) is 23.1 Å². The fourth-order valence-electron chi connectivity index (χ4n) is 2.14. The Bertz CT molecular complexity index is 805. The number of fused-ring (bicyclic) bond motifs is 1. The van der Waals surface area contributed by atoms with Gasteiger partial charge >= 0.3 is 0 Å². The molecule has 21 heavy (non-hydrogen) atoms. The van der Waals surface area contributed by atoms with E-state index in [1.807, 2.05) is 0 Å². The lowest BCUT2D eigenvalue weighted by atomic mass is 10.3. The molecule has 0 unspecified atom stereocenters. The number of nitrogens with two attached hydrogens (primary N) is 1. The van der Waals surface area contributed by atoms with Gasteiger partial charge < -0.3 is 10.3 Å². The molecule has 7 nitrogen and oxygen atoms in total. The van der Waals surface area contributed by atoms with Crippen LogP contribution < -0.4 is 5.73 Å². The van der Waals surface area contributed by atoms with Gasteiger partial charge in [-0.15, -0.1) is 10.2 Å². The summed E-state index contributed by atoms with van der Waals surface area (Å²) in [5.74, 6) is -1.81. The minimum atomic E-state index is -4.12. The SMILES string of the molecule is Nc1c(F)ccc(S(=O)(=O)N2CCn3cnnc3C2)c1F. The summed E-state index contributed by atoms with van der Waals surface area (Å²) in [6.45, 7) is 0.475. The Morgan fingerprint density at radius 1 is 1.24 bits per heavy atom. The average molecular weight is 315 g/mol. The van der Waals surface area contributed by atoms with Gasteiger partial charge in [-0.3, -0.25) is 0 Å². The summed E-state index contributed by atoms with van der Waals surface area (Å²) in [5, 5.41) is 7.48. The molecule has 0 saturated heterocycles. The highest BCUT2D eigenvalue weighted by molar-refractivity contribution is 7.89. The van der Waals surface area contributed by atoms with Crippen molar-refractivity contribution < 1.29 is 17.2 Å². The molecule has 0 atom stereocenters. The summed E-state index contributed by atoms with van der Waals surface area (Å²) < 4.78 is 54.8. The van der Waals surface area contributed by atoms with Crippen molar-refractivity contribution in [2.45, 2.75) is 18.0 Å². The van der Waals surface area contributed by atoms with Gasteiger partial charge in [-0.25, -0.2) is 17.2 Å². The van der Waals surface area contributed by atoms with Crippen LogP contribution in [0.2, 0.25) is 0 Å². The third kappa shape index (κ3) is 2.16. The van der Waals surface area contributed by atoms with Crippen LogP contribution in [0.4, 0.5) is 14.5 Å². The lowest BCUT2D eigenvalue weighted by Gasteiger charge is -2.26. The molecule has 112 valence electrons. The summed E-state index contributed by atoms with van der Waals surface area (Å²) in [4.78, 5) is -0.644. The number of nitrogen functional groups attached to an aromatic ring is 1. The fourth-order valence-corrected chi connectivity index (χ4v) is 3.60. The van der Waals surface area contributed by atoms with Gasteiger partial charge in [0, 0.05) is 13.1 Å². The van der Waals surface area contributed by atoms with E-state index in [0.29, 0.717) is 12.4 Å². The second-order valence-electron chi connectivity index (χ2n) is 4.55. The van der Waals surface area contributed by atoms with Gasteiger partial charge in [0.15, 0.2) is 5.82 Å². The first-order chi connectivity index (χ1) is 9.91. The molecule has 2 heterocycles. The molecular formula is C11H11F2N5O2S. The van der Waals surface area contributed by atoms with E-state index in [0.717, 1.165) is 16.4 Å². The van der Waals surface area contributed by atoms with E-state index in [1.165, 1.54) is 6.33 Å². The number of rotatable bonds is 2. The molecule has 1 aromatic heterocycles. The molecule has 0 amide bonds. The lowest BCUT2D eigenvalue weighted by Crippen LogP contribution is -2.38. The first-order valence-corrected chi connectivity index (χ1v) is 7.45. The quantitative estimate of drug-likeness (QED) is 0.807. The van der Waals surface area contributed by atoms with E-state index in [9.17, 15) is 17.2 Å². The number of nitrogens with zero attached hydrogens (tertiary/aromatic N) is 4. The smallest absolute Gasteiger partial charge is 0.246 e. The van der Waals surface area contributed by atoms with Crippen LogP contribution >= 0.6 is 0 Å². The van der Waals surface area contributed by atoms with Crippen molar-refractivity contribution in [1.29, 1.82) is 0 Å². The van der Waals surface area contributed by atoms with Gasteiger partial charge in [0.25, 0.3) is 0 Å². The van der Waals surface area contributed by atoms with Crippen LogP contribution in [0, 0.1) is 11.6 Å². The van der Waals surface area contributed by atoms with Crippen LogP contribution in [0.15, 0.2) is 23.4 Å². The molecule has 0 radical (unpaired) electrons. The minimum absolute atomic E-state index is 0.0287. The molecule has 1 aromatic carbocycles. The zero-order chi connectivity index (χ0) is 15.2. The Kier molecular flexibility index (Phi) is 3.14. The van der Waals surface area contributed by atoms with Gasteiger partial charge in [-0.2, -0.15) is 4.31 Å². The predicted molar refractivity (Wildman–Crippen MR) is 68.4 cm³/mol. The number of sulfonamides is 1. The van der Waals surface area contributed by atoms with Gasteiger partial charge in [0.1, 0.15) is 28.6 Å². The van der Waals surface area contributed by atoms with Crippen molar-refractivity contribution in [3.8, 4) is 0 Å². The Hall–Kier alpha value is -2.07. The topological polar surface area (TPSA) is 94.1 Å². The molecule has 3 rings (SSSR count). The van der Waals surface area contributed by atoms with Crippen molar-refractivity contribution in [1.82, 2.24) is 19.1 Å². The summed E-state index contributed by atoms with van der Waals surface area (Å²) in [6, 6.07) is 1.70. The molecule has 0 bridgehead atoms. The lowest BCUT2D eigenvalue weighted by molar-refractivity contribution is 0.334. The molecule has 0 saturated carbocycles. The van der Waals surface area contributed by atoms with Crippen molar-refractivity contribution in [2.75, 3.05) is 12.3 Å². The third-order valence-electron chi connectivity index (χ3n) is 3.31. The summed E-state index contributed by atoms with van der Waals surface area (Å²) in [7, 11) is -4.12. The second-order valence-corrected chi connectivity index (χ2v) is 6.46. The van der Waals surface area contributed by atoms with Gasteiger partial charge in [0.05, 0.1) is 6.54 Å². The summed E-state index contributed by atoms with van der Waals surface area (Å²) >= 11 is 0. The number of hydrogen-bond donors (Lipinski definition) is 1. The van der Waals surface area contributed by atoms with E-state index >= 15 is 0 Å². The van der Waals surface area contributed by atoms with Crippen molar-refractivity contribution in [2.24, 2.45) is 0 Å². The first kappa shape index (κ1) is 13.9. The monoisotopic (exact) mass is 315 g/mol. The molecule has 2 N–H and O–H groups in total. The highest BCUT2D eigenvalue weighted by Crippen LogP contribution is 2.27. The van der Waals surface area contributed by atoms with Gasteiger partial charge in [-0.05, 0) is 12.1 Å². The van der Waals surface area contributed by atoms with E-state index < -0.39 is 32.2 Å². The Morgan fingerprint density at radius 2 is 2.00 bits per heavy atom. The molecule has 0 fully saturated rings. The Morgan fingerprint density at radius 3 is 2.76 bits per heavy atom. The highest BCUT2D eigenvalue weighted by Gasteiger charge is 2.32. The minimum Gasteiger partial charge on any atom is -0.394 e. The van der Waals surface area contributed by atoms with Crippen LogP contribution in [0.3, 0.4) is 0 Å². The fraction of sp³-hybridized carbons (Fsp3) is 0.273. The van der Waals surface area contributed by atoms with Crippen molar-refractivity contribution in [3.05, 3.63) is 35.9 Å². The molecular weight excluding hydrogens is 304 g/mol. The Balaban J connectivity index is 2.01. The van der Waals surface area contributed by atoms with Crippen molar-refractivity contribution >= 4 is 15.7 Å². The summed E-state index contributed by atoms with van der Waals surface area (Å²) in [5.41, 5.74) is 4.40. The van der Waals surface area contributed by atoms with Crippen LogP contribution in [0.1, 0.15) is 5.82 Å². The first-order valence-electron chi connectivity index (χ1n) is 6.01. The zero-order valence-corrected chi connectivity index (χ0v) is 11.5. The Labute approximate surface area is 119 Å². The normalized spacial score (nSPS) is 15.9. The molecule has 10 heteroatoms. The average Bonchev–Trinajstić information content (AvgIpc) is 2.92. The maximum Gasteiger partial charge on any atom is 0.246 e. The van der Waals surface area contributed by atoms with Crippen molar-refractivity contribution in [3.63, 3.8) is 0 Å². The van der Waals surface area contributed by atoms with Crippen LogP contribution in [0.25, 0.3) is 0 Å². The molecule has 1 aliphatic heterocycles. The molecule has 0 aliphatic carbocycles.